The fraction of sp³-hybridized carbons (Fsp3) is 0.684. The third-order valence-electron chi connectivity index (χ3n) is 6.24. The summed E-state index contributed by atoms with van der Waals surface area (Å²) >= 11 is 6.47. The molecule has 3 rings (SSSR count). The number of hydrogen-bond donors (Lipinski definition) is 1. The number of ketones is 1. The Labute approximate surface area is 152 Å². The number of furan rings is 1. The maximum atomic E-state index is 13.1. The van der Waals surface area contributed by atoms with E-state index in [0.29, 0.717) is 12.0 Å². The number of halogens is 1. The van der Waals surface area contributed by atoms with E-state index in [2.05, 4.69) is 0 Å². The number of aryl methyl sites for hydroxylation is 1. The number of esters is 1. The fourth-order valence-electron chi connectivity index (χ4n) is 4.32. The van der Waals surface area contributed by atoms with Gasteiger partial charge in [-0.1, -0.05) is 27.7 Å². The molecule has 25 heavy (non-hydrogen) atoms. The van der Waals surface area contributed by atoms with Gasteiger partial charge in [-0.25, -0.2) is 0 Å². The largest absolute Gasteiger partial charge is 0.460 e. The van der Waals surface area contributed by atoms with Crippen molar-refractivity contribution in [3.63, 3.8) is 0 Å². The molecule has 0 aromatic carbocycles. The van der Waals surface area contributed by atoms with Crippen molar-refractivity contribution >= 4 is 23.4 Å². The van der Waals surface area contributed by atoms with Crippen molar-refractivity contribution in [3.05, 3.63) is 23.2 Å². The maximum absolute atomic E-state index is 13.1. The van der Waals surface area contributed by atoms with Crippen LogP contribution in [0.4, 0.5) is 0 Å². The smallest absolute Gasteiger partial charge is 0.309 e. The van der Waals surface area contributed by atoms with E-state index in [0.717, 1.165) is 12.0 Å². The number of hydrogen-bond acceptors (Lipinski definition) is 5. The monoisotopic (exact) mass is 368 g/mol. The molecule has 0 amide bonds. The minimum Gasteiger partial charge on any atom is -0.460 e. The molecule has 1 fully saturated rings. The number of fused-ring (bicyclic) bond motifs is 2. The van der Waals surface area contributed by atoms with Crippen molar-refractivity contribution in [2.45, 2.75) is 64.5 Å². The Morgan fingerprint density at radius 1 is 1.44 bits per heavy atom. The quantitative estimate of drug-likeness (QED) is 0.634. The molecular weight excluding hydrogens is 344 g/mol. The SMILES string of the molecule is Cc1coc2c1[C@@H](OC(=O)C(C)C)[C@]1(C)[C@@H](C)CC[C@H](Cl)[C@]1(O)C2=O. The third kappa shape index (κ3) is 2.25. The van der Waals surface area contributed by atoms with E-state index in [1.807, 2.05) is 13.8 Å². The maximum Gasteiger partial charge on any atom is 0.309 e. The molecule has 6 heteroatoms. The summed E-state index contributed by atoms with van der Waals surface area (Å²) in [6.45, 7) is 9.09. The third-order valence-corrected chi connectivity index (χ3v) is 6.77. The number of rotatable bonds is 2. The van der Waals surface area contributed by atoms with Gasteiger partial charge in [-0.3, -0.25) is 9.59 Å². The van der Waals surface area contributed by atoms with Crippen molar-refractivity contribution in [1.29, 1.82) is 0 Å². The number of alkyl halides is 1. The fourth-order valence-corrected chi connectivity index (χ4v) is 4.79. The first-order chi connectivity index (χ1) is 11.6. The Kier molecular flexibility index (Phi) is 4.32. The standard InChI is InChI=1S/C19H25ClO5/c1-9(2)17(22)25-16-13-10(3)8-24-14(13)15(21)19(23)12(20)7-6-11(4)18(16,19)5/h8-9,11-12,16,23H,6-7H2,1-5H3/t11-,12-,16+,18-,19-/m0/s1. The van der Waals surface area contributed by atoms with Gasteiger partial charge in [0, 0.05) is 11.0 Å². The van der Waals surface area contributed by atoms with E-state index >= 15 is 0 Å². The molecular formula is C19H25ClO5. The van der Waals surface area contributed by atoms with Crippen molar-refractivity contribution in [1.82, 2.24) is 0 Å². The van der Waals surface area contributed by atoms with Crippen LogP contribution in [0.25, 0.3) is 0 Å². The van der Waals surface area contributed by atoms with Gasteiger partial charge in [-0.15, -0.1) is 11.6 Å². The molecule has 0 radical (unpaired) electrons. The van der Waals surface area contributed by atoms with Crippen molar-refractivity contribution in [2.24, 2.45) is 17.3 Å². The van der Waals surface area contributed by atoms with Gasteiger partial charge in [0.2, 0.25) is 5.78 Å². The van der Waals surface area contributed by atoms with Gasteiger partial charge in [0.15, 0.2) is 11.4 Å². The Hall–Kier alpha value is -1.33. The predicted octanol–water partition coefficient (Wildman–Crippen LogP) is 3.80. The average Bonchev–Trinajstić information content (AvgIpc) is 2.93. The van der Waals surface area contributed by atoms with Gasteiger partial charge in [0.25, 0.3) is 0 Å². The zero-order chi connectivity index (χ0) is 18.7. The van der Waals surface area contributed by atoms with Crippen LogP contribution in [-0.2, 0) is 9.53 Å². The van der Waals surface area contributed by atoms with Crippen molar-refractivity contribution in [2.75, 3.05) is 0 Å². The molecule has 1 aromatic rings. The van der Waals surface area contributed by atoms with Gasteiger partial charge >= 0.3 is 5.97 Å². The molecule has 5 atom stereocenters. The van der Waals surface area contributed by atoms with E-state index in [9.17, 15) is 14.7 Å². The Morgan fingerprint density at radius 3 is 2.68 bits per heavy atom. The van der Waals surface area contributed by atoms with E-state index in [4.69, 9.17) is 20.8 Å². The summed E-state index contributed by atoms with van der Waals surface area (Å²) in [6, 6.07) is 0. The van der Waals surface area contributed by atoms with Gasteiger partial charge < -0.3 is 14.3 Å². The highest BCUT2D eigenvalue weighted by Crippen LogP contribution is 2.62. The molecule has 2 aliphatic carbocycles. The number of Topliss-reactive ketones (excluding diaryl/α,β-unsaturated/α-hetero) is 1. The van der Waals surface area contributed by atoms with E-state index in [1.165, 1.54) is 6.26 Å². The lowest BCUT2D eigenvalue weighted by Gasteiger charge is -2.57. The van der Waals surface area contributed by atoms with Crippen LogP contribution in [0.5, 0.6) is 0 Å². The Balaban J connectivity index is 2.25. The number of carbonyl (C=O) groups excluding carboxylic acids is 2. The van der Waals surface area contributed by atoms with Crippen LogP contribution in [0.15, 0.2) is 10.7 Å². The van der Waals surface area contributed by atoms with Crippen LogP contribution < -0.4 is 0 Å². The molecule has 2 aliphatic rings. The Bertz CT molecular complexity index is 723. The second kappa shape index (κ2) is 5.85. The topological polar surface area (TPSA) is 76.7 Å². The lowest BCUT2D eigenvalue weighted by atomic mass is 9.51. The van der Waals surface area contributed by atoms with Crippen LogP contribution in [0.1, 0.15) is 68.3 Å². The van der Waals surface area contributed by atoms with Gasteiger partial charge in [0.05, 0.1) is 17.6 Å². The van der Waals surface area contributed by atoms with Gasteiger partial charge in [-0.05, 0) is 31.2 Å². The lowest BCUT2D eigenvalue weighted by Crippen LogP contribution is -2.68. The van der Waals surface area contributed by atoms with Crippen molar-refractivity contribution < 1.29 is 23.8 Å². The summed E-state index contributed by atoms with van der Waals surface area (Å²) in [4.78, 5) is 25.5. The summed E-state index contributed by atoms with van der Waals surface area (Å²) in [5.41, 5.74) is -1.58. The summed E-state index contributed by atoms with van der Waals surface area (Å²) in [6.07, 6.45) is 1.94. The van der Waals surface area contributed by atoms with Crippen molar-refractivity contribution in [3.8, 4) is 0 Å². The molecule has 1 N–H and O–H groups in total. The first-order valence-electron chi connectivity index (χ1n) is 8.76. The first kappa shape index (κ1) is 18.5. The highest BCUT2D eigenvalue weighted by Gasteiger charge is 2.70. The molecule has 1 saturated carbocycles. The zero-order valence-electron chi connectivity index (χ0n) is 15.3. The first-order valence-corrected chi connectivity index (χ1v) is 9.20. The normalized spacial score (nSPS) is 37.6. The second-order valence-corrected chi connectivity index (χ2v) is 8.48. The molecule has 0 unspecified atom stereocenters. The number of carbonyl (C=O) groups is 2. The molecule has 0 saturated heterocycles. The summed E-state index contributed by atoms with van der Waals surface area (Å²) in [7, 11) is 0. The summed E-state index contributed by atoms with van der Waals surface area (Å²) < 4.78 is 11.3. The minimum atomic E-state index is -1.84. The number of aliphatic hydroxyl groups is 1. The van der Waals surface area contributed by atoms with Crippen LogP contribution in [0.2, 0.25) is 0 Å². The van der Waals surface area contributed by atoms with Crippen LogP contribution in [0.3, 0.4) is 0 Å². The lowest BCUT2D eigenvalue weighted by molar-refractivity contribution is -0.194. The molecule has 0 bridgehead atoms. The van der Waals surface area contributed by atoms with E-state index in [-0.39, 0.29) is 23.6 Å². The molecule has 1 aromatic heterocycles. The van der Waals surface area contributed by atoms with Crippen LogP contribution in [0, 0.1) is 24.2 Å². The molecule has 0 spiro atoms. The van der Waals surface area contributed by atoms with E-state index < -0.39 is 28.3 Å². The predicted molar refractivity (Wildman–Crippen MR) is 92.5 cm³/mol. The minimum absolute atomic E-state index is 0.0544. The average molecular weight is 369 g/mol. The molecule has 138 valence electrons. The highest BCUT2D eigenvalue weighted by molar-refractivity contribution is 6.25. The van der Waals surface area contributed by atoms with Crippen LogP contribution in [-0.4, -0.2) is 27.8 Å². The zero-order valence-corrected chi connectivity index (χ0v) is 16.0. The molecule has 5 nitrogen and oxygen atoms in total. The molecule has 0 aliphatic heterocycles. The van der Waals surface area contributed by atoms with Gasteiger partial charge in [-0.2, -0.15) is 0 Å². The highest BCUT2D eigenvalue weighted by atomic mass is 35.5. The second-order valence-electron chi connectivity index (χ2n) is 7.96. The van der Waals surface area contributed by atoms with Crippen LogP contribution >= 0.6 is 11.6 Å². The molecule has 1 heterocycles. The Morgan fingerprint density at radius 2 is 2.08 bits per heavy atom. The van der Waals surface area contributed by atoms with Gasteiger partial charge in [0.1, 0.15) is 6.10 Å². The summed E-state index contributed by atoms with van der Waals surface area (Å²) in [5.74, 6) is -1.22. The van der Waals surface area contributed by atoms with E-state index in [1.54, 1.807) is 20.8 Å². The number of ether oxygens (including phenoxy) is 1. The summed E-state index contributed by atoms with van der Waals surface area (Å²) in [5, 5.41) is 10.7.